The predicted octanol–water partition coefficient (Wildman–Crippen LogP) is 5.02. The monoisotopic (exact) mass is 243 g/mol. The molecule has 86 valence electrons. The van der Waals surface area contributed by atoms with Crippen molar-refractivity contribution in [2.45, 2.75) is 0 Å². The van der Waals surface area contributed by atoms with Crippen molar-refractivity contribution < 1.29 is 17.8 Å². The summed E-state index contributed by atoms with van der Waals surface area (Å²) in [6.07, 6.45) is 0. The lowest BCUT2D eigenvalue weighted by Crippen LogP contribution is -1.79. The summed E-state index contributed by atoms with van der Waals surface area (Å²) in [4.78, 5) is 0. The molecule has 0 aliphatic rings. The van der Waals surface area contributed by atoms with E-state index in [0.717, 1.165) is 6.07 Å². The maximum Gasteiger partial charge on any atom is 0.0629 e. The topological polar surface area (TPSA) is 0 Å². The van der Waals surface area contributed by atoms with Gasteiger partial charge in [0.2, 0.25) is 0 Å². The third-order valence-corrected chi connectivity index (χ3v) is 2.17. The summed E-state index contributed by atoms with van der Waals surface area (Å²) in [7, 11) is 0. The second-order valence-corrected chi connectivity index (χ2v) is 3.31. The molecule has 0 aliphatic carbocycles. The summed E-state index contributed by atoms with van der Waals surface area (Å²) in [5, 5.41) is 0. The molecular formula is C18H14. The van der Waals surface area contributed by atoms with Crippen LogP contribution in [0.2, 0.25) is 0 Å². The van der Waals surface area contributed by atoms with Crippen molar-refractivity contribution in [2.24, 2.45) is 0 Å². The van der Waals surface area contributed by atoms with E-state index in [1.54, 1.807) is 0 Å². The van der Waals surface area contributed by atoms with Crippen LogP contribution in [-0.2, 0) is 0 Å². The summed E-state index contributed by atoms with van der Waals surface area (Å²) < 4.78 is 104. The molecule has 0 saturated heterocycles. The maximum absolute atomic E-state index is 8.35. The second kappa shape index (κ2) is 4.89. The molecule has 0 fully saturated rings. The Labute approximate surface area is 126 Å². The molecule has 3 rings (SSSR count). The average Bonchev–Trinajstić information content (AvgIpc) is 2.72. The van der Waals surface area contributed by atoms with Crippen LogP contribution in [0.15, 0.2) is 84.6 Å². The molecular weight excluding hydrogens is 216 g/mol. The summed E-state index contributed by atoms with van der Waals surface area (Å²) >= 11 is 0. The molecule has 0 heterocycles. The van der Waals surface area contributed by atoms with Crippen molar-refractivity contribution in [1.29, 1.82) is 0 Å². The van der Waals surface area contributed by atoms with Crippen molar-refractivity contribution in [2.75, 3.05) is 0 Å². The Hall–Kier alpha value is -2.34. The Balaban J connectivity index is 2.48. The Kier molecular flexibility index (Phi) is 0.972. The van der Waals surface area contributed by atoms with Crippen LogP contribution in [0.1, 0.15) is 17.8 Å². The van der Waals surface area contributed by atoms with E-state index in [-0.39, 0.29) is 5.56 Å². The van der Waals surface area contributed by atoms with Gasteiger partial charge in [-0.3, -0.25) is 0 Å². The first-order chi connectivity index (χ1) is 14.3. The fourth-order valence-electron chi connectivity index (χ4n) is 1.35. The van der Waals surface area contributed by atoms with Gasteiger partial charge in [0, 0.05) is 0 Å². The number of hydrogen-bond donors (Lipinski definition) is 0. The van der Waals surface area contributed by atoms with E-state index in [1.165, 1.54) is 0 Å². The number of hydrogen-bond acceptors (Lipinski definition) is 0. The fraction of sp³-hybridized carbons (Fsp3) is 0. The highest BCUT2D eigenvalue weighted by Crippen LogP contribution is 2.24. The highest BCUT2D eigenvalue weighted by molar-refractivity contribution is 5.70. The van der Waals surface area contributed by atoms with E-state index in [2.05, 4.69) is 0 Å². The Morgan fingerprint density at radius 3 is 1.50 bits per heavy atom. The molecule has 18 heavy (non-hydrogen) atoms. The summed E-state index contributed by atoms with van der Waals surface area (Å²) in [6.45, 7) is 0. The van der Waals surface area contributed by atoms with Gasteiger partial charge in [-0.05, 0) is 22.3 Å². The molecule has 0 amide bonds. The molecule has 0 saturated carbocycles. The van der Waals surface area contributed by atoms with E-state index in [4.69, 9.17) is 17.8 Å². The SMILES string of the molecule is [2H]c1cc([2H])c(-c2c([2H])c([2H])c(-c3c([2H])c([2H])c([2H])c([2H])c3[2H])c([2H])c2[2H])c([2H])c1[2H]. The van der Waals surface area contributed by atoms with Crippen molar-refractivity contribution >= 4 is 0 Å². The highest BCUT2D eigenvalue weighted by atomic mass is 14.0. The molecule has 3 aromatic rings. The van der Waals surface area contributed by atoms with Gasteiger partial charge in [-0.1, -0.05) is 84.6 Å². The van der Waals surface area contributed by atoms with Crippen LogP contribution in [-0.4, -0.2) is 0 Å². The van der Waals surface area contributed by atoms with Gasteiger partial charge in [-0.15, -0.1) is 0 Å². The minimum atomic E-state index is -0.713. The van der Waals surface area contributed by atoms with Crippen molar-refractivity contribution in [3.05, 3.63) is 84.6 Å². The molecule has 3 aromatic carbocycles. The van der Waals surface area contributed by atoms with Crippen LogP contribution >= 0.6 is 0 Å². The fourth-order valence-corrected chi connectivity index (χ4v) is 1.35. The molecule has 0 bridgehead atoms. The van der Waals surface area contributed by atoms with E-state index in [0.29, 0.717) is 0 Å². The summed E-state index contributed by atoms with van der Waals surface area (Å²) in [5.41, 5.74) is -1.79. The van der Waals surface area contributed by atoms with Gasteiger partial charge in [-0.25, -0.2) is 0 Å². The largest absolute Gasteiger partial charge is 0.0629 e. The molecule has 0 radical (unpaired) electrons. The zero-order valence-electron chi connectivity index (χ0n) is 22.1. The number of rotatable bonds is 2. The zero-order valence-corrected chi connectivity index (χ0v) is 9.08. The minimum absolute atomic E-state index is 0.356. The Bertz CT molecular complexity index is 1200. The molecule has 0 aliphatic heterocycles. The van der Waals surface area contributed by atoms with Gasteiger partial charge in [0.05, 0.1) is 17.8 Å². The van der Waals surface area contributed by atoms with E-state index < -0.39 is 95.2 Å². The highest BCUT2D eigenvalue weighted by Gasteiger charge is 1.98. The van der Waals surface area contributed by atoms with Gasteiger partial charge in [-0.2, -0.15) is 0 Å². The van der Waals surface area contributed by atoms with Gasteiger partial charge < -0.3 is 0 Å². The lowest BCUT2D eigenvalue weighted by molar-refractivity contribution is 1.59. The van der Waals surface area contributed by atoms with Crippen LogP contribution in [0.3, 0.4) is 0 Å². The van der Waals surface area contributed by atoms with Gasteiger partial charge in [0.15, 0.2) is 0 Å². The molecule has 0 atom stereocenters. The normalized spacial score (nSPS) is 20.3. The van der Waals surface area contributed by atoms with Crippen LogP contribution in [0, 0.1) is 0 Å². The lowest BCUT2D eigenvalue weighted by Gasteiger charge is -2.04. The van der Waals surface area contributed by atoms with Crippen molar-refractivity contribution in [3.63, 3.8) is 0 Å². The van der Waals surface area contributed by atoms with Crippen LogP contribution in [0.25, 0.3) is 22.3 Å². The van der Waals surface area contributed by atoms with Gasteiger partial charge in [0.1, 0.15) is 0 Å². The third-order valence-electron chi connectivity index (χ3n) is 2.17. The summed E-state index contributed by atoms with van der Waals surface area (Å²) in [6, 6.07) is -7.24. The van der Waals surface area contributed by atoms with Crippen LogP contribution in [0.4, 0.5) is 0 Å². The van der Waals surface area contributed by atoms with Gasteiger partial charge in [0.25, 0.3) is 0 Å². The minimum Gasteiger partial charge on any atom is -0.0622 e. The maximum atomic E-state index is 8.35. The molecule has 0 heteroatoms. The van der Waals surface area contributed by atoms with Gasteiger partial charge >= 0.3 is 0 Å². The van der Waals surface area contributed by atoms with Crippen molar-refractivity contribution in [1.82, 2.24) is 0 Å². The van der Waals surface area contributed by atoms with Crippen molar-refractivity contribution in [3.8, 4) is 22.3 Å². The standard InChI is InChI=1S/C18H14/c1-3-7-15(8-4-1)17-11-13-18(14-12-17)16-9-5-2-6-10-16/h1-14H/i1D,2D,3D,4D,5D,7D,8D,9D,10D,11D,12D,13D,14D. The second-order valence-electron chi connectivity index (χ2n) is 3.31. The quantitative estimate of drug-likeness (QED) is 0.593. The van der Waals surface area contributed by atoms with Crippen LogP contribution in [0.5, 0.6) is 0 Å². The van der Waals surface area contributed by atoms with E-state index in [1.807, 2.05) is 0 Å². The zero-order chi connectivity index (χ0) is 23.5. The third kappa shape index (κ3) is 2.18. The number of benzene rings is 3. The molecule has 0 unspecified atom stereocenters. The Morgan fingerprint density at radius 2 is 0.889 bits per heavy atom. The first kappa shape index (κ1) is 3.58. The lowest BCUT2D eigenvalue weighted by atomic mass is 10.0. The first-order valence-electron chi connectivity index (χ1n) is 11.6. The predicted molar refractivity (Wildman–Crippen MR) is 77.3 cm³/mol. The van der Waals surface area contributed by atoms with E-state index >= 15 is 0 Å². The average molecular weight is 243 g/mol. The molecule has 0 spiro atoms. The smallest absolute Gasteiger partial charge is 0.0622 e. The summed E-state index contributed by atoms with van der Waals surface area (Å²) in [5.74, 6) is 0. The van der Waals surface area contributed by atoms with Crippen LogP contribution < -0.4 is 0 Å². The van der Waals surface area contributed by atoms with E-state index in [9.17, 15) is 0 Å². The Morgan fingerprint density at radius 1 is 0.444 bits per heavy atom. The molecule has 0 nitrogen and oxygen atoms in total. The first-order valence-corrected chi connectivity index (χ1v) is 5.08. The molecule has 0 aromatic heterocycles. The molecule has 0 N–H and O–H groups in total.